The van der Waals surface area contributed by atoms with Crippen LogP contribution in [0.5, 0.6) is 0 Å². The molecule has 106 valence electrons. The number of hydrogen-bond acceptors (Lipinski definition) is 2. The Kier molecular flexibility index (Phi) is 3.50. The summed E-state index contributed by atoms with van der Waals surface area (Å²) in [5, 5.41) is 9.16. The molecule has 0 aromatic heterocycles. The van der Waals surface area contributed by atoms with E-state index in [-0.39, 0.29) is 11.8 Å². The standard InChI is InChI=1S/C15H23NO3/c17-14(16-8-4-7-13(16)15(18)19)12-9-11(12)10-5-2-1-3-6-10/h10-13H,1-9H2,(H,18,19). The fourth-order valence-corrected chi connectivity index (χ4v) is 4.08. The van der Waals surface area contributed by atoms with E-state index >= 15 is 0 Å². The van der Waals surface area contributed by atoms with E-state index in [9.17, 15) is 9.59 Å². The first-order chi connectivity index (χ1) is 9.18. The van der Waals surface area contributed by atoms with Crippen molar-refractivity contribution in [1.29, 1.82) is 0 Å². The van der Waals surface area contributed by atoms with Crippen LogP contribution in [-0.2, 0) is 9.59 Å². The second kappa shape index (κ2) is 5.14. The van der Waals surface area contributed by atoms with Gasteiger partial charge in [0.15, 0.2) is 0 Å². The Labute approximate surface area is 114 Å². The maximum absolute atomic E-state index is 12.4. The van der Waals surface area contributed by atoms with Gasteiger partial charge in [0, 0.05) is 12.5 Å². The lowest BCUT2D eigenvalue weighted by atomic mass is 9.85. The van der Waals surface area contributed by atoms with Crippen LogP contribution in [0.2, 0.25) is 0 Å². The van der Waals surface area contributed by atoms with Crippen LogP contribution in [0.15, 0.2) is 0 Å². The lowest BCUT2D eigenvalue weighted by molar-refractivity contribution is -0.148. The Hall–Kier alpha value is -1.06. The van der Waals surface area contributed by atoms with Crippen LogP contribution in [0.1, 0.15) is 51.4 Å². The molecule has 19 heavy (non-hydrogen) atoms. The van der Waals surface area contributed by atoms with Gasteiger partial charge in [-0.05, 0) is 31.1 Å². The number of likely N-dealkylation sites (tertiary alicyclic amines) is 1. The summed E-state index contributed by atoms with van der Waals surface area (Å²) in [6.07, 6.45) is 8.98. The number of carboxylic acids is 1. The van der Waals surface area contributed by atoms with Crippen molar-refractivity contribution >= 4 is 11.9 Å². The minimum absolute atomic E-state index is 0.125. The number of hydrogen-bond donors (Lipinski definition) is 1. The van der Waals surface area contributed by atoms with Crippen molar-refractivity contribution in [3.8, 4) is 0 Å². The zero-order valence-corrected chi connectivity index (χ0v) is 11.4. The molecule has 3 fully saturated rings. The molecule has 4 nitrogen and oxygen atoms in total. The number of rotatable bonds is 3. The second-order valence-electron chi connectivity index (χ2n) is 6.43. The predicted molar refractivity (Wildman–Crippen MR) is 70.5 cm³/mol. The maximum atomic E-state index is 12.4. The Morgan fingerprint density at radius 3 is 2.42 bits per heavy atom. The minimum Gasteiger partial charge on any atom is -0.480 e. The molecule has 0 spiro atoms. The average molecular weight is 265 g/mol. The van der Waals surface area contributed by atoms with Gasteiger partial charge in [-0.15, -0.1) is 0 Å². The van der Waals surface area contributed by atoms with Crippen molar-refractivity contribution < 1.29 is 14.7 Å². The first-order valence-corrected chi connectivity index (χ1v) is 7.72. The molecule has 1 heterocycles. The van der Waals surface area contributed by atoms with E-state index in [4.69, 9.17) is 5.11 Å². The van der Waals surface area contributed by atoms with Crippen molar-refractivity contribution in [2.75, 3.05) is 6.54 Å². The summed E-state index contributed by atoms with van der Waals surface area (Å²) in [4.78, 5) is 25.2. The molecule has 1 N–H and O–H groups in total. The van der Waals surface area contributed by atoms with Gasteiger partial charge in [0.1, 0.15) is 6.04 Å². The topological polar surface area (TPSA) is 57.6 Å². The van der Waals surface area contributed by atoms with Crippen molar-refractivity contribution in [2.45, 2.75) is 57.4 Å². The average Bonchev–Trinajstić information content (AvgIpc) is 3.06. The van der Waals surface area contributed by atoms with Crippen LogP contribution in [0.25, 0.3) is 0 Å². The normalized spacial score (nSPS) is 35.4. The third kappa shape index (κ3) is 2.49. The van der Waals surface area contributed by atoms with Gasteiger partial charge >= 0.3 is 5.97 Å². The smallest absolute Gasteiger partial charge is 0.326 e. The van der Waals surface area contributed by atoms with Crippen LogP contribution in [0.3, 0.4) is 0 Å². The highest BCUT2D eigenvalue weighted by atomic mass is 16.4. The second-order valence-corrected chi connectivity index (χ2v) is 6.43. The van der Waals surface area contributed by atoms with Gasteiger partial charge in [-0.1, -0.05) is 32.1 Å². The van der Waals surface area contributed by atoms with E-state index in [1.165, 1.54) is 32.1 Å². The van der Waals surface area contributed by atoms with Crippen molar-refractivity contribution in [1.82, 2.24) is 4.90 Å². The molecule has 0 radical (unpaired) electrons. The van der Waals surface area contributed by atoms with E-state index < -0.39 is 12.0 Å². The molecule has 1 amide bonds. The van der Waals surface area contributed by atoms with E-state index in [0.29, 0.717) is 18.9 Å². The van der Waals surface area contributed by atoms with Gasteiger partial charge < -0.3 is 10.0 Å². The summed E-state index contributed by atoms with van der Waals surface area (Å²) < 4.78 is 0. The molecule has 3 rings (SSSR count). The number of aliphatic carboxylic acids is 1. The quantitative estimate of drug-likeness (QED) is 0.851. The summed E-state index contributed by atoms with van der Waals surface area (Å²) in [6, 6.07) is -0.555. The number of amides is 1. The molecule has 0 bridgehead atoms. The fourth-order valence-electron chi connectivity index (χ4n) is 4.08. The first kappa shape index (κ1) is 12.9. The van der Waals surface area contributed by atoms with Crippen LogP contribution in [0.4, 0.5) is 0 Å². The summed E-state index contributed by atoms with van der Waals surface area (Å²) >= 11 is 0. The molecule has 0 aromatic rings. The van der Waals surface area contributed by atoms with Crippen LogP contribution >= 0.6 is 0 Å². The summed E-state index contributed by atoms with van der Waals surface area (Å²) in [6.45, 7) is 0.643. The van der Waals surface area contributed by atoms with Crippen LogP contribution in [-0.4, -0.2) is 34.5 Å². The molecular formula is C15H23NO3. The van der Waals surface area contributed by atoms with Gasteiger partial charge in [-0.2, -0.15) is 0 Å². The van der Waals surface area contributed by atoms with Crippen LogP contribution in [0, 0.1) is 17.8 Å². The van der Waals surface area contributed by atoms with Crippen molar-refractivity contribution in [3.63, 3.8) is 0 Å². The van der Waals surface area contributed by atoms with Crippen molar-refractivity contribution in [2.24, 2.45) is 17.8 Å². The molecule has 3 unspecified atom stereocenters. The highest BCUT2D eigenvalue weighted by molar-refractivity contribution is 5.87. The Bertz CT molecular complexity index is 376. The van der Waals surface area contributed by atoms with Gasteiger partial charge in [0.05, 0.1) is 0 Å². The number of nitrogens with zero attached hydrogens (tertiary/aromatic N) is 1. The monoisotopic (exact) mass is 265 g/mol. The van der Waals surface area contributed by atoms with Crippen LogP contribution < -0.4 is 0 Å². The molecule has 1 saturated heterocycles. The third-order valence-corrected chi connectivity index (χ3v) is 5.23. The molecule has 1 aliphatic heterocycles. The Balaban J connectivity index is 1.58. The highest BCUT2D eigenvalue weighted by Gasteiger charge is 2.50. The van der Waals surface area contributed by atoms with Crippen molar-refractivity contribution in [3.05, 3.63) is 0 Å². The van der Waals surface area contributed by atoms with E-state index in [2.05, 4.69) is 0 Å². The number of carbonyl (C=O) groups is 2. The summed E-state index contributed by atoms with van der Waals surface area (Å²) in [7, 11) is 0. The molecule has 4 heteroatoms. The molecule has 3 aliphatic rings. The zero-order valence-electron chi connectivity index (χ0n) is 11.4. The Morgan fingerprint density at radius 1 is 1.00 bits per heavy atom. The van der Waals surface area contributed by atoms with E-state index in [0.717, 1.165) is 18.8 Å². The molecule has 2 aliphatic carbocycles. The minimum atomic E-state index is -0.833. The SMILES string of the molecule is O=C(O)C1CCCN1C(=O)C1CC1C1CCCCC1. The molecule has 2 saturated carbocycles. The summed E-state index contributed by atoms with van der Waals surface area (Å²) in [5.41, 5.74) is 0. The lowest BCUT2D eigenvalue weighted by Crippen LogP contribution is -2.41. The number of carboxylic acid groups (broad SMARTS) is 1. The fraction of sp³-hybridized carbons (Fsp3) is 0.867. The Morgan fingerprint density at radius 2 is 1.74 bits per heavy atom. The molecule has 0 aromatic carbocycles. The third-order valence-electron chi connectivity index (χ3n) is 5.23. The van der Waals surface area contributed by atoms with E-state index in [1.54, 1.807) is 4.90 Å². The molecular weight excluding hydrogens is 242 g/mol. The number of carbonyl (C=O) groups excluding carboxylic acids is 1. The lowest BCUT2D eigenvalue weighted by Gasteiger charge is -2.24. The summed E-state index contributed by atoms with van der Waals surface area (Å²) in [5.74, 6) is 0.723. The molecule has 3 atom stereocenters. The highest BCUT2D eigenvalue weighted by Crippen LogP contribution is 2.50. The zero-order chi connectivity index (χ0) is 13.4. The van der Waals surface area contributed by atoms with E-state index in [1.807, 2.05) is 0 Å². The predicted octanol–water partition coefficient (Wildman–Crippen LogP) is 2.28. The van der Waals surface area contributed by atoms with Gasteiger partial charge in [-0.25, -0.2) is 4.79 Å². The van der Waals surface area contributed by atoms with Gasteiger partial charge in [0.25, 0.3) is 0 Å². The van der Waals surface area contributed by atoms with Gasteiger partial charge in [-0.3, -0.25) is 4.79 Å². The largest absolute Gasteiger partial charge is 0.480 e. The first-order valence-electron chi connectivity index (χ1n) is 7.72. The maximum Gasteiger partial charge on any atom is 0.326 e. The van der Waals surface area contributed by atoms with Gasteiger partial charge in [0.2, 0.25) is 5.91 Å².